The molecule has 0 amide bonds. The van der Waals surface area contributed by atoms with Crippen molar-refractivity contribution in [2.75, 3.05) is 13.2 Å². The summed E-state index contributed by atoms with van der Waals surface area (Å²) in [6.07, 6.45) is 3.51. The zero-order valence-corrected chi connectivity index (χ0v) is 10.6. The first-order chi connectivity index (χ1) is 8.70. The second-order valence-corrected chi connectivity index (χ2v) is 4.91. The molecule has 0 bridgehead atoms. The maximum atomic E-state index is 9.37. The molecule has 1 aliphatic rings. The van der Waals surface area contributed by atoms with Crippen molar-refractivity contribution in [1.29, 1.82) is 5.41 Å². The molecule has 1 aromatic carbocycles. The number of nitrogens with zero attached hydrogens (tertiary/aromatic N) is 1. The Kier molecular flexibility index (Phi) is 4.33. The highest BCUT2D eigenvalue weighted by molar-refractivity contribution is 5.94. The number of nitrogen functional groups attached to an aromatic ring is 1. The predicted octanol–water partition coefficient (Wildman–Crippen LogP) is 1.32. The maximum absolute atomic E-state index is 9.37. The number of likely N-dealkylation sites (tertiary alicyclic amines) is 1. The number of hydrogen-bond acceptors (Lipinski definition) is 3. The fourth-order valence-electron chi connectivity index (χ4n) is 2.50. The van der Waals surface area contributed by atoms with Gasteiger partial charge in [-0.15, -0.1) is 0 Å². The summed E-state index contributed by atoms with van der Waals surface area (Å²) in [6, 6.07) is 8.09. The Morgan fingerprint density at radius 3 is 2.67 bits per heavy atom. The highest BCUT2D eigenvalue weighted by Gasteiger charge is 2.21. The van der Waals surface area contributed by atoms with Gasteiger partial charge in [-0.05, 0) is 24.9 Å². The lowest BCUT2D eigenvalue weighted by Crippen LogP contribution is -2.41. The summed E-state index contributed by atoms with van der Waals surface area (Å²) in [5.74, 6) is 0.104. The molecule has 4 heteroatoms. The van der Waals surface area contributed by atoms with Crippen molar-refractivity contribution in [3.8, 4) is 0 Å². The molecule has 0 radical (unpaired) electrons. The summed E-state index contributed by atoms with van der Waals surface area (Å²) in [5.41, 5.74) is 7.40. The standard InChI is InChI=1S/C14H21N3O/c15-14(16)12-6-4-11(5-7-12)9-17-8-2-1-3-13(17)10-18/h4-7,13,18H,1-3,8-10H2,(H3,15,16). The van der Waals surface area contributed by atoms with Crippen LogP contribution in [0, 0.1) is 5.41 Å². The van der Waals surface area contributed by atoms with E-state index in [-0.39, 0.29) is 12.4 Å². The molecule has 0 spiro atoms. The summed E-state index contributed by atoms with van der Waals surface area (Å²) < 4.78 is 0. The summed E-state index contributed by atoms with van der Waals surface area (Å²) in [7, 11) is 0. The fraction of sp³-hybridized carbons (Fsp3) is 0.500. The molecule has 4 N–H and O–H groups in total. The number of nitrogens with one attached hydrogen (secondary N) is 1. The van der Waals surface area contributed by atoms with E-state index in [4.69, 9.17) is 11.1 Å². The lowest BCUT2D eigenvalue weighted by Gasteiger charge is -2.34. The van der Waals surface area contributed by atoms with E-state index in [0.717, 1.165) is 25.1 Å². The Balaban J connectivity index is 2.01. The van der Waals surface area contributed by atoms with Crippen LogP contribution in [0.3, 0.4) is 0 Å². The van der Waals surface area contributed by atoms with E-state index < -0.39 is 0 Å². The van der Waals surface area contributed by atoms with Crippen LogP contribution in [0.25, 0.3) is 0 Å². The highest BCUT2D eigenvalue weighted by atomic mass is 16.3. The van der Waals surface area contributed by atoms with Gasteiger partial charge in [0.25, 0.3) is 0 Å². The van der Waals surface area contributed by atoms with Crippen LogP contribution in [0.1, 0.15) is 30.4 Å². The van der Waals surface area contributed by atoms with Crippen LogP contribution in [0.4, 0.5) is 0 Å². The molecule has 18 heavy (non-hydrogen) atoms. The Morgan fingerprint density at radius 2 is 2.06 bits per heavy atom. The van der Waals surface area contributed by atoms with Crippen molar-refractivity contribution in [2.45, 2.75) is 31.8 Å². The first-order valence-corrected chi connectivity index (χ1v) is 6.49. The van der Waals surface area contributed by atoms with Gasteiger partial charge in [-0.25, -0.2) is 0 Å². The van der Waals surface area contributed by atoms with Crippen LogP contribution < -0.4 is 5.73 Å². The lowest BCUT2D eigenvalue weighted by atomic mass is 10.0. The number of rotatable bonds is 4. The SMILES string of the molecule is N=C(N)c1ccc(CN2CCCCC2CO)cc1. The first kappa shape index (κ1) is 13.1. The van der Waals surface area contributed by atoms with E-state index in [9.17, 15) is 5.11 Å². The first-order valence-electron chi connectivity index (χ1n) is 6.49. The number of hydrogen-bond donors (Lipinski definition) is 3. The van der Waals surface area contributed by atoms with E-state index in [2.05, 4.69) is 4.90 Å². The lowest BCUT2D eigenvalue weighted by molar-refractivity contribution is 0.0841. The van der Waals surface area contributed by atoms with Crippen molar-refractivity contribution in [1.82, 2.24) is 4.90 Å². The molecule has 0 aromatic heterocycles. The molecule has 2 rings (SSSR count). The Labute approximate surface area is 108 Å². The van der Waals surface area contributed by atoms with Crippen molar-refractivity contribution < 1.29 is 5.11 Å². The van der Waals surface area contributed by atoms with Crippen LogP contribution in [0.5, 0.6) is 0 Å². The fourth-order valence-corrected chi connectivity index (χ4v) is 2.50. The van der Waals surface area contributed by atoms with Crippen LogP contribution in [-0.4, -0.2) is 35.0 Å². The van der Waals surface area contributed by atoms with Gasteiger partial charge in [0, 0.05) is 18.2 Å². The third kappa shape index (κ3) is 3.09. The zero-order valence-electron chi connectivity index (χ0n) is 10.6. The summed E-state index contributed by atoms with van der Waals surface area (Å²) >= 11 is 0. The zero-order chi connectivity index (χ0) is 13.0. The second kappa shape index (κ2) is 5.98. The van der Waals surface area contributed by atoms with Gasteiger partial charge in [0.2, 0.25) is 0 Å². The molecule has 0 saturated carbocycles. The van der Waals surface area contributed by atoms with E-state index >= 15 is 0 Å². The minimum Gasteiger partial charge on any atom is -0.395 e. The van der Waals surface area contributed by atoms with Crippen molar-refractivity contribution >= 4 is 5.84 Å². The van der Waals surface area contributed by atoms with Crippen LogP contribution in [-0.2, 0) is 6.54 Å². The van der Waals surface area contributed by atoms with Gasteiger partial charge < -0.3 is 10.8 Å². The number of aliphatic hydroxyl groups excluding tert-OH is 1. The van der Waals surface area contributed by atoms with Crippen LogP contribution >= 0.6 is 0 Å². The average molecular weight is 247 g/mol. The number of nitrogens with two attached hydrogens (primary N) is 1. The summed E-state index contributed by atoms with van der Waals surface area (Å²) in [4.78, 5) is 2.34. The number of piperidine rings is 1. The predicted molar refractivity (Wildman–Crippen MR) is 72.6 cm³/mol. The molecule has 1 aromatic rings. The molecular weight excluding hydrogens is 226 g/mol. The number of benzene rings is 1. The number of aliphatic hydroxyl groups is 1. The maximum Gasteiger partial charge on any atom is 0.122 e. The largest absolute Gasteiger partial charge is 0.395 e. The molecule has 1 aliphatic heterocycles. The van der Waals surface area contributed by atoms with E-state index in [1.807, 2.05) is 24.3 Å². The molecule has 0 aliphatic carbocycles. The highest BCUT2D eigenvalue weighted by Crippen LogP contribution is 2.19. The second-order valence-electron chi connectivity index (χ2n) is 4.91. The quantitative estimate of drug-likeness (QED) is 0.555. The smallest absolute Gasteiger partial charge is 0.122 e. The van der Waals surface area contributed by atoms with E-state index in [0.29, 0.717) is 6.04 Å². The molecule has 1 fully saturated rings. The molecule has 1 unspecified atom stereocenters. The minimum atomic E-state index is 0.104. The Hall–Kier alpha value is -1.39. The molecule has 1 atom stereocenters. The van der Waals surface area contributed by atoms with Crippen molar-refractivity contribution in [3.63, 3.8) is 0 Å². The molecule has 1 saturated heterocycles. The van der Waals surface area contributed by atoms with Crippen molar-refractivity contribution in [2.24, 2.45) is 5.73 Å². The topological polar surface area (TPSA) is 73.3 Å². The monoisotopic (exact) mass is 247 g/mol. The van der Waals surface area contributed by atoms with Crippen molar-refractivity contribution in [3.05, 3.63) is 35.4 Å². The van der Waals surface area contributed by atoms with Gasteiger partial charge in [-0.1, -0.05) is 30.7 Å². The van der Waals surface area contributed by atoms with E-state index in [1.165, 1.54) is 18.4 Å². The minimum absolute atomic E-state index is 0.104. The molecule has 1 heterocycles. The molecular formula is C14H21N3O. The molecule has 98 valence electrons. The third-order valence-corrected chi connectivity index (χ3v) is 3.61. The van der Waals surface area contributed by atoms with Gasteiger partial charge in [-0.3, -0.25) is 10.3 Å². The summed E-state index contributed by atoms with van der Waals surface area (Å²) in [5, 5.41) is 16.7. The van der Waals surface area contributed by atoms with Gasteiger partial charge >= 0.3 is 0 Å². The number of amidine groups is 1. The van der Waals surface area contributed by atoms with E-state index in [1.54, 1.807) is 0 Å². The normalized spacial score (nSPS) is 20.8. The average Bonchev–Trinajstić information content (AvgIpc) is 2.40. The Morgan fingerprint density at radius 1 is 1.33 bits per heavy atom. The Bertz CT molecular complexity index is 402. The third-order valence-electron chi connectivity index (χ3n) is 3.61. The van der Waals surface area contributed by atoms with Crippen LogP contribution in [0.15, 0.2) is 24.3 Å². The van der Waals surface area contributed by atoms with Gasteiger partial charge in [0.1, 0.15) is 5.84 Å². The van der Waals surface area contributed by atoms with Gasteiger partial charge in [-0.2, -0.15) is 0 Å². The van der Waals surface area contributed by atoms with Gasteiger partial charge in [0.15, 0.2) is 0 Å². The molecule has 4 nitrogen and oxygen atoms in total. The van der Waals surface area contributed by atoms with Gasteiger partial charge in [0.05, 0.1) is 6.61 Å². The summed E-state index contributed by atoms with van der Waals surface area (Å²) in [6.45, 7) is 2.16. The van der Waals surface area contributed by atoms with Crippen LogP contribution in [0.2, 0.25) is 0 Å².